The molecule has 0 unspecified atom stereocenters. The van der Waals surface area contributed by atoms with Gasteiger partial charge in [0.15, 0.2) is 11.5 Å². The number of carbonyl (C=O) groups excluding carboxylic acids is 1. The van der Waals surface area contributed by atoms with Crippen molar-refractivity contribution in [2.75, 3.05) is 34.0 Å². The van der Waals surface area contributed by atoms with Crippen LogP contribution in [-0.2, 0) is 11.3 Å². The summed E-state index contributed by atoms with van der Waals surface area (Å²) in [6.07, 6.45) is 3.33. The van der Waals surface area contributed by atoms with Gasteiger partial charge in [0.2, 0.25) is 12.7 Å². The molecule has 2 aromatic rings. The molecule has 27 heavy (non-hydrogen) atoms. The van der Waals surface area contributed by atoms with E-state index in [1.54, 1.807) is 18.2 Å². The first-order valence-corrected chi connectivity index (χ1v) is 9.15. The Morgan fingerprint density at radius 3 is 2.67 bits per heavy atom. The molecule has 0 fully saturated rings. The number of nitrogens with zero attached hydrogens (tertiary/aromatic N) is 2. The maximum atomic E-state index is 12.8. The first kappa shape index (κ1) is 19.3. The summed E-state index contributed by atoms with van der Waals surface area (Å²) in [6.45, 7) is 2.17. The van der Waals surface area contributed by atoms with Gasteiger partial charge in [-0.25, -0.2) is 0 Å². The summed E-state index contributed by atoms with van der Waals surface area (Å²) in [5.74, 6) is 1.11. The van der Waals surface area contributed by atoms with E-state index < -0.39 is 0 Å². The van der Waals surface area contributed by atoms with Gasteiger partial charge in [0.1, 0.15) is 0 Å². The minimum atomic E-state index is -0.0468. The third-order valence-electron chi connectivity index (χ3n) is 4.21. The van der Waals surface area contributed by atoms with E-state index in [9.17, 15) is 4.79 Å². The zero-order valence-electron chi connectivity index (χ0n) is 15.5. The Kier molecular flexibility index (Phi) is 6.37. The van der Waals surface area contributed by atoms with Gasteiger partial charge in [-0.15, -0.1) is 0 Å². The standard InChI is InChI=1S/C21H23ClN2O3/c1-23(2)10-11-24(14-16-6-4-3-5-7-16)20(25)9-8-17-12-18(22)21-19(13-17)26-15-27-21/h3-9,12-13H,10-11,14-15H2,1-2H3/b9-8+. The normalized spacial score (nSPS) is 12.7. The highest BCUT2D eigenvalue weighted by atomic mass is 35.5. The second-order valence-electron chi connectivity index (χ2n) is 6.62. The smallest absolute Gasteiger partial charge is 0.246 e. The van der Waals surface area contributed by atoms with Crippen LogP contribution in [0.3, 0.4) is 0 Å². The van der Waals surface area contributed by atoms with Crippen LogP contribution in [-0.4, -0.2) is 49.7 Å². The molecular weight excluding hydrogens is 364 g/mol. The summed E-state index contributed by atoms with van der Waals surface area (Å²) in [7, 11) is 3.99. The van der Waals surface area contributed by atoms with Crippen LogP contribution in [0.1, 0.15) is 11.1 Å². The molecule has 1 heterocycles. The lowest BCUT2D eigenvalue weighted by atomic mass is 10.1. The minimum absolute atomic E-state index is 0.0468. The quantitative estimate of drug-likeness (QED) is 0.681. The summed E-state index contributed by atoms with van der Waals surface area (Å²) < 4.78 is 10.7. The lowest BCUT2D eigenvalue weighted by molar-refractivity contribution is -0.126. The van der Waals surface area contributed by atoms with Gasteiger partial charge in [0.25, 0.3) is 0 Å². The Bertz CT molecular complexity index is 822. The molecule has 0 bridgehead atoms. The van der Waals surface area contributed by atoms with Gasteiger partial charge in [-0.2, -0.15) is 0 Å². The topological polar surface area (TPSA) is 42.0 Å². The molecule has 0 atom stereocenters. The van der Waals surface area contributed by atoms with Crippen molar-refractivity contribution >= 4 is 23.6 Å². The number of fused-ring (bicyclic) bond motifs is 1. The Labute approximate surface area is 164 Å². The van der Waals surface area contributed by atoms with Crippen LogP contribution >= 0.6 is 11.6 Å². The molecule has 0 radical (unpaired) electrons. The maximum absolute atomic E-state index is 12.8. The zero-order chi connectivity index (χ0) is 19.2. The van der Waals surface area contributed by atoms with Gasteiger partial charge in [0, 0.05) is 25.7 Å². The molecule has 3 rings (SSSR count). The van der Waals surface area contributed by atoms with E-state index in [-0.39, 0.29) is 12.7 Å². The summed E-state index contributed by atoms with van der Waals surface area (Å²) in [6, 6.07) is 13.6. The summed E-state index contributed by atoms with van der Waals surface area (Å²) in [5, 5.41) is 0.478. The van der Waals surface area contributed by atoms with Gasteiger partial charge in [0.05, 0.1) is 5.02 Å². The van der Waals surface area contributed by atoms with E-state index in [1.807, 2.05) is 55.4 Å². The van der Waals surface area contributed by atoms with Crippen molar-refractivity contribution in [3.8, 4) is 11.5 Å². The largest absolute Gasteiger partial charge is 0.454 e. The average molecular weight is 387 g/mol. The minimum Gasteiger partial charge on any atom is -0.454 e. The van der Waals surface area contributed by atoms with Gasteiger partial charge in [-0.05, 0) is 43.4 Å². The van der Waals surface area contributed by atoms with Gasteiger partial charge in [-0.3, -0.25) is 4.79 Å². The number of hydrogen-bond donors (Lipinski definition) is 0. The lowest BCUT2D eigenvalue weighted by Gasteiger charge is -2.23. The van der Waals surface area contributed by atoms with Gasteiger partial charge < -0.3 is 19.3 Å². The molecule has 2 aromatic carbocycles. The number of benzene rings is 2. The third kappa shape index (κ3) is 5.25. The van der Waals surface area contributed by atoms with E-state index in [4.69, 9.17) is 21.1 Å². The van der Waals surface area contributed by atoms with Crippen LogP contribution in [0.5, 0.6) is 11.5 Å². The first-order chi connectivity index (χ1) is 13.0. The summed E-state index contributed by atoms with van der Waals surface area (Å²) >= 11 is 6.20. The molecule has 0 saturated carbocycles. The number of hydrogen-bond acceptors (Lipinski definition) is 4. The van der Waals surface area contributed by atoms with Crippen molar-refractivity contribution in [2.45, 2.75) is 6.54 Å². The molecule has 1 amide bonds. The van der Waals surface area contributed by atoms with Crippen LogP contribution in [0.25, 0.3) is 6.08 Å². The molecule has 0 spiro atoms. The molecule has 0 aromatic heterocycles. The van der Waals surface area contributed by atoms with E-state index in [0.29, 0.717) is 29.6 Å². The number of carbonyl (C=O) groups is 1. The van der Waals surface area contributed by atoms with E-state index in [2.05, 4.69) is 4.90 Å². The molecule has 0 N–H and O–H groups in total. The van der Waals surface area contributed by atoms with Crippen molar-refractivity contribution in [3.63, 3.8) is 0 Å². The number of amides is 1. The van der Waals surface area contributed by atoms with Crippen LogP contribution < -0.4 is 9.47 Å². The highest BCUT2D eigenvalue weighted by Crippen LogP contribution is 2.40. The molecule has 5 nitrogen and oxygen atoms in total. The fourth-order valence-electron chi connectivity index (χ4n) is 2.75. The predicted octanol–water partition coefficient (Wildman–Crippen LogP) is 3.67. The first-order valence-electron chi connectivity index (χ1n) is 8.78. The summed E-state index contributed by atoms with van der Waals surface area (Å²) in [4.78, 5) is 16.7. The molecule has 1 aliphatic rings. The Morgan fingerprint density at radius 1 is 1.15 bits per heavy atom. The van der Waals surface area contributed by atoms with E-state index >= 15 is 0 Å². The van der Waals surface area contributed by atoms with Crippen molar-refractivity contribution in [2.24, 2.45) is 0 Å². The van der Waals surface area contributed by atoms with Crippen LogP contribution in [0, 0.1) is 0 Å². The Balaban J connectivity index is 1.73. The average Bonchev–Trinajstić information content (AvgIpc) is 3.13. The fraction of sp³-hybridized carbons (Fsp3) is 0.286. The number of halogens is 1. The zero-order valence-corrected chi connectivity index (χ0v) is 16.3. The molecule has 1 aliphatic heterocycles. The lowest BCUT2D eigenvalue weighted by Crippen LogP contribution is -2.35. The van der Waals surface area contributed by atoms with Crippen LogP contribution in [0.15, 0.2) is 48.5 Å². The maximum Gasteiger partial charge on any atom is 0.246 e. The third-order valence-corrected chi connectivity index (χ3v) is 4.49. The Morgan fingerprint density at radius 2 is 1.93 bits per heavy atom. The molecular formula is C21H23ClN2O3. The molecule has 142 valence electrons. The summed E-state index contributed by atoms with van der Waals surface area (Å²) in [5.41, 5.74) is 1.90. The number of ether oxygens (including phenoxy) is 2. The molecule has 0 aliphatic carbocycles. The highest BCUT2D eigenvalue weighted by molar-refractivity contribution is 6.32. The predicted molar refractivity (Wildman–Crippen MR) is 107 cm³/mol. The van der Waals surface area contributed by atoms with Crippen LogP contribution in [0.4, 0.5) is 0 Å². The van der Waals surface area contributed by atoms with E-state index in [1.165, 1.54) is 0 Å². The molecule has 6 heteroatoms. The monoisotopic (exact) mass is 386 g/mol. The second-order valence-corrected chi connectivity index (χ2v) is 7.03. The van der Waals surface area contributed by atoms with Crippen molar-refractivity contribution in [1.82, 2.24) is 9.80 Å². The highest BCUT2D eigenvalue weighted by Gasteiger charge is 2.18. The van der Waals surface area contributed by atoms with E-state index in [0.717, 1.165) is 17.7 Å². The van der Waals surface area contributed by atoms with Crippen LogP contribution in [0.2, 0.25) is 5.02 Å². The van der Waals surface area contributed by atoms with Gasteiger partial charge in [-0.1, -0.05) is 41.9 Å². The number of rotatable bonds is 7. The molecule has 0 saturated heterocycles. The fourth-order valence-corrected chi connectivity index (χ4v) is 3.02. The van der Waals surface area contributed by atoms with Crippen molar-refractivity contribution in [1.29, 1.82) is 0 Å². The second kappa shape index (κ2) is 8.93. The Hall–Kier alpha value is -2.50. The number of likely N-dealkylation sites (N-methyl/N-ethyl adjacent to an activating group) is 1. The van der Waals surface area contributed by atoms with Crippen molar-refractivity contribution in [3.05, 3.63) is 64.7 Å². The van der Waals surface area contributed by atoms with Gasteiger partial charge >= 0.3 is 0 Å². The SMILES string of the molecule is CN(C)CCN(Cc1ccccc1)C(=O)/C=C/c1cc(Cl)c2c(c1)OCO2. The van der Waals surface area contributed by atoms with Crippen molar-refractivity contribution < 1.29 is 14.3 Å².